The summed E-state index contributed by atoms with van der Waals surface area (Å²) in [5.74, 6) is 0. The van der Waals surface area contributed by atoms with E-state index in [1.165, 1.54) is 0 Å². The fourth-order valence-corrected chi connectivity index (χ4v) is 0.704. The highest BCUT2D eigenvalue weighted by atomic mass is 16.5. The predicted octanol–water partition coefficient (Wildman–Crippen LogP) is 0.879. The highest BCUT2D eigenvalue weighted by Crippen LogP contribution is 2.21. The van der Waals surface area contributed by atoms with Gasteiger partial charge in [0.15, 0.2) is 0 Å². The minimum absolute atomic E-state index is 0.174. The van der Waals surface area contributed by atoms with E-state index in [-0.39, 0.29) is 12.0 Å². The largest absolute Gasteiger partial charge is 0.450 e. The van der Waals surface area contributed by atoms with E-state index in [0.29, 0.717) is 6.42 Å². The van der Waals surface area contributed by atoms with E-state index in [9.17, 15) is 9.90 Å². The predicted molar refractivity (Wildman–Crippen MR) is 45.6 cm³/mol. The minimum atomic E-state index is -0.795. The SMILES string of the molecule is CC(C)(C)[C@H](O)CCOC(N)=O. The van der Waals surface area contributed by atoms with Gasteiger partial charge < -0.3 is 15.6 Å². The molecule has 1 atom stereocenters. The smallest absolute Gasteiger partial charge is 0.404 e. The average Bonchev–Trinajstić information content (AvgIpc) is 1.84. The quantitative estimate of drug-likeness (QED) is 0.668. The Bertz CT molecular complexity index is 151. The fourth-order valence-electron chi connectivity index (χ4n) is 0.704. The van der Waals surface area contributed by atoms with Crippen LogP contribution in [0.2, 0.25) is 0 Å². The van der Waals surface area contributed by atoms with E-state index in [0.717, 1.165) is 0 Å². The van der Waals surface area contributed by atoms with Crippen LogP contribution in [0.3, 0.4) is 0 Å². The van der Waals surface area contributed by atoms with E-state index in [1.807, 2.05) is 20.8 Å². The van der Waals surface area contributed by atoms with Gasteiger partial charge in [0.05, 0.1) is 12.7 Å². The molecule has 0 saturated heterocycles. The fraction of sp³-hybridized carbons (Fsp3) is 0.875. The summed E-state index contributed by atoms with van der Waals surface area (Å²) in [7, 11) is 0. The van der Waals surface area contributed by atoms with Gasteiger partial charge in [-0.25, -0.2) is 4.79 Å². The summed E-state index contributed by atoms with van der Waals surface area (Å²) in [5.41, 5.74) is 4.57. The van der Waals surface area contributed by atoms with Crippen molar-refractivity contribution in [2.24, 2.45) is 11.1 Å². The van der Waals surface area contributed by atoms with Gasteiger partial charge in [-0.3, -0.25) is 0 Å². The molecule has 3 N–H and O–H groups in total. The third-order valence-electron chi connectivity index (χ3n) is 1.64. The van der Waals surface area contributed by atoms with Gasteiger partial charge in [-0.1, -0.05) is 20.8 Å². The molecule has 0 heterocycles. The molecular weight excluding hydrogens is 158 g/mol. The average molecular weight is 175 g/mol. The number of hydrogen-bond acceptors (Lipinski definition) is 3. The lowest BCUT2D eigenvalue weighted by Crippen LogP contribution is -2.28. The molecule has 0 unspecified atom stereocenters. The molecule has 0 radical (unpaired) electrons. The van der Waals surface area contributed by atoms with Crippen LogP contribution in [-0.4, -0.2) is 23.9 Å². The van der Waals surface area contributed by atoms with Crippen molar-refractivity contribution in [2.75, 3.05) is 6.61 Å². The normalized spacial score (nSPS) is 14.0. The molecule has 0 aromatic heterocycles. The Labute approximate surface area is 72.7 Å². The van der Waals surface area contributed by atoms with Gasteiger partial charge in [0.25, 0.3) is 0 Å². The Hall–Kier alpha value is -0.770. The zero-order chi connectivity index (χ0) is 9.78. The molecule has 0 aliphatic heterocycles. The van der Waals surface area contributed by atoms with Crippen LogP contribution in [0.4, 0.5) is 4.79 Å². The summed E-state index contributed by atoms with van der Waals surface area (Å²) >= 11 is 0. The Morgan fingerprint density at radius 3 is 2.42 bits per heavy atom. The van der Waals surface area contributed by atoms with Crippen molar-refractivity contribution in [3.05, 3.63) is 0 Å². The molecule has 0 bridgehead atoms. The van der Waals surface area contributed by atoms with Crippen molar-refractivity contribution in [1.82, 2.24) is 0 Å². The summed E-state index contributed by atoms with van der Waals surface area (Å²) in [6, 6.07) is 0. The van der Waals surface area contributed by atoms with Gasteiger partial charge in [-0.05, 0) is 5.41 Å². The lowest BCUT2D eigenvalue weighted by atomic mass is 9.87. The van der Waals surface area contributed by atoms with Crippen LogP contribution in [0.25, 0.3) is 0 Å². The number of carbonyl (C=O) groups is 1. The van der Waals surface area contributed by atoms with Crippen molar-refractivity contribution >= 4 is 6.09 Å². The number of primary amides is 1. The van der Waals surface area contributed by atoms with E-state index in [2.05, 4.69) is 4.74 Å². The molecule has 4 heteroatoms. The first-order valence-electron chi connectivity index (χ1n) is 3.94. The molecule has 0 fully saturated rings. The zero-order valence-electron chi connectivity index (χ0n) is 7.83. The molecule has 4 nitrogen and oxygen atoms in total. The summed E-state index contributed by atoms with van der Waals surface area (Å²) in [5, 5.41) is 9.47. The number of aliphatic hydroxyl groups excluding tert-OH is 1. The van der Waals surface area contributed by atoms with Crippen LogP contribution in [0.1, 0.15) is 27.2 Å². The Morgan fingerprint density at radius 1 is 1.58 bits per heavy atom. The molecule has 72 valence electrons. The monoisotopic (exact) mass is 175 g/mol. The van der Waals surface area contributed by atoms with Crippen molar-refractivity contribution in [3.63, 3.8) is 0 Å². The van der Waals surface area contributed by atoms with Crippen LogP contribution in [0.15, 0.2) is 0 Å². The first kappa shape index (κ1) is 11.2. The molecule has 0 spiro atoms. The van der Waals surface area contributed by atoms with Gasteiger partial charge in [-0.15, -0.1) is 0 Å². The first-order chi connectivity index (χ1) is 5.34. The molecule has 0 saturated carbocycles. The Balaban J connectivity index is 3.58. The maximum Gasteiger partial charge on any atom is 0.404 e. The van der Waals surface area contributed by atoms with Gasteiger partial charge in [0, 0.05) is 6.42 Å². The summed E-state index contributed by atoms with van der Waals surface area (Å²) < 4.78 is 4.49. The Morgan fingerprint density at radius 2 is 2.08 bits per heavy atom. The van der Waals surface area contributed by atoms with E-state index < -0.39 is 12.2 Å². The highest BCUT2D eigenvalue weighted by molar-refractivity contribution is 5.64. The van der Waals surface area contributed by atoms with Crippen LogP contribution in [-0.2, 0) is 4.74 Å². The van der Waals surface area contributed by atoms with Gasteiger partial charge in [0.2, 0.25) is 0 Å². The first-order valence-corrected chi connectivity index (χ1v) is 3.94. The van der Waals surface area contributed by atoms with Crippen molar-refractivity contribution in [3.8, 4) is 0 Å². The minimum Gasteiger partial charge on any atom is -0.450 e. The highest BCUT2D eigenvalue weighted by Gasteiger charge is 2.21. The van der Waals surface area contributed by atoms with Crippen molar-refractivity contribution in [2.45, 2.75) is 33.3 Å². The summed E-state index contributed by atoms with van der Waals surface area (Å²) in [6.07, 6.45) is -0.847. The Kier molecular flexibility index (Phi) is 4.03. The maximum atomic E-state index is 10.1. The molecular formula is C8H17NO3. The van der Waals surface area contributed by atoms with Crippen LogP contribution >= 0.6 is 0 Å². The maximum absolute atomic E-state index is 10.1. The van der Waals surface area contributed by atoms with Crippen molar-refractivity contribution in [1.29, 1.82) is 0 Å². The molecule has 1 amide bonds. The molecule has 0 aromatic rings. The molecule has 0 aliphatic carbocycles. The number of hydrogen-bond donors (Lipinski definition) is 2. The second-order valence-corrected chi connectivity index (χ2v) is 3.84. The topological polar surface area (TPSA) is 72.6 Å². The molecule has 0 rings (SSSR count). The third-order valence-corrected chi connectivity index (χ3v) is 1.64. The van der Waals surface area contributed by atoms with E-state index >= 15 is 0 Å². The molecule has 0 aromatic carbocycles. The third kappa shape index (κ3) is 4.96. The standard InChI is InChI=1S/C8H17NO3/c1-8(2,3)6(10)4-5-12-7(9)11/h6,10H,4-5H2,1-3H3,(H2,9,11)/t6-/m1/s1. The second-order valence-electron chi connectivity index (χ2n) is 3.84. The number of nitrogens with two attached hydrogens (primary N) is 1. The van der Waals surface area contributed by atoms with Gasteiger partial charge >= 0.3 is 6.09 Å². The summed E-state index contributed by atoms with van der Waals surface area (Å²) in [4.78, 5) is 10.1. The number of carbonyl (C=O) groups excluding carboxylic acids is 1. The number of ether oxygens (including phenoxy) is 1. The zero-order valence-corrected chi connectivity index (χ0v) is 7.83. The van der Waals surface area contributed by atoms with Gasteiger partial charge in [-0.2, -0.15) is 0 Å². The van der Waals surface area contributed by atoms with Gasteiger partial charge in [0.1, 0.15) is 0 Å². The number of aliphatic hydroxyl groups is 1. The summed E-state index contributed by atoms with van der Waals surface area (Å²) in [6.45, 7) is 5.93. The van der Waals surface area contributed by atoms with Crippen LogP contribution in [0.5, 0.6) is 0 Å². The lowest BCUT2D eigenvalue weighted by molar-refractivity contribution is 0.0366. The number of rotatable bonds is 3. The van der Waals surface area contributed by atoms with Crippen LogP contribution < -0.4 is 5.73 Å². The van der Waals surface area contributed by atoms with Crippen molar-refractivity contribution < 1.29 is 14.6 Å². The van der Waals surface area contributed by atoms with E-state index in [1.54, 1.807) is 0 Å². The van der Waals surface area contributed by atoms with Crippen LogP contribution in [0, 0.1) is 5.41 Å². The van der Waals surface area contributed by atoms with E-state index in [4.69, 9.17) is 5.73 Å². The second kappa shape index (κ2) is 4.30. The lowest BCUT2D eigenvalue weighted by Gasteiger charge is -2.25. The molecule has 0 aliphatic rings. The molecule has 12 heavy (non-hydrogen) atoms. The number of amides is 1.